The Kier molecular flexibility index (Phi) is 4.15. The number of nitrogens with one attached hydrogen (secondary N) is 2. The SMILES string of the molecule is CC(=O)CNC(=O)Nc1cccc([N+](=O)[O-])c1. The Hall–Kier alpha value is -2.44. The molecule has 0 heterocycles. The van der Waals surface area contributed by atoms with Gasteiger partial charge in [0, 0.05) is 17.8 Å². The molecule has 0 spiro atoms. The van der Waals surface area contributed by atoms with Gasteiger partial charge in [-0.3, -0.25) is 14.9 Å². The molecule has 0 aliphatic heterocycles. The molecule has 90 valence electrons. The summed E-state index contributed by atoms with van der Waals surface area (Å²) < 4.78 is 0. The van der Waals surface area contributed by atoms with E-state index in [-0.39, 0.29) is 18.0 Å². The normalized spacial score (nSPS) is 9.47. The Bertz CT molecular complexity index is 459. The van der Waals surface area contributed by atoms with Crippen molar-refractivity contribution in [3.63, 3.8) is 0 Å². The van der Waals surface area contributed by atoms with E-state index < -0.39 is 11.0 Å². The number of anilines is 1. The number of carbonyl (C=O) groups is 2. The summed E-state index contributed by atoms with van der Waals surface area (Å²) in [6.45, 7) is 1.26. The van der Waals surface area contributed by atoms with Crippen molar-refractivity contribution in [2.45, 2.75) is 6.92 Å². The summed E-state index contributed by atoms with van der Waals surface area (Å²) in [5.74, 6) is -0.181. The number of nitrogens with zero attached hydrogens (tertiary/aromatic N) is 1. The van der Waals surface area contributed by atoms with Gasteiger partial charge >= 0.3 is 6.03 Å². The number of Topliss-reactive ketones (excluding diaryl/α,β-unsaturated/α-hetero) is 1. The average Bonchev–Trinajstić information content (AvgIpc) is 2.26. The van der Waals surface area contributed by atoms with Gasteiger partial charge in [-0.05, 0) is 13.0 Å². The van der Waals surface area contributed by atoms with Crippen LogP contribution in [0.15, 0.2) is 24.3 Å². The van der Waals surface area contributed by atoms with E-state index in [2.05, 4.69) is 10.6 Å². The Labute approximate surface area is 97.0 Å². The van der Waals surface area contributed by atoms with Gasteiger partial charge in [0.25, 0.3) is 5.69 Å². The summed E-state index contributed by atoms with van der Waals surface area (Å²) in [6, 6.07) is 4.94. The Morgan fingerprint density at radius 2 is 2.12 bits per heavy atom. The summed E-state index contributed by atoms with van der Waals surface area (Å²) in [7, 11) is 0. The second-order valence-electron chi connectivity index (χ2n) is 3.32. The van der Waals surface area contributed by atoms with Crippen molar-refractivity contribution in [3.05, 3.63) is 34.4 Å². The average molecular weight is 237 g/mol. The number of rotatable bonds is 4. The first-order valence-corrected chi connectivity index (χ1v) is 4.78. The lowest BCUT2D eigenvalue weighted by atomic mass is 10.3. The molecule has 7 nitrogen and oxygen atoms in total. The van der Waals surface area contributed by atoms with E-state index in [9.17, 15) is 19.7 Å². The van der Waals surface area contributed by atoms with Crippen LogP contribution in [0.25, 0.3) is 0 Å². The van der Waals surface area contributed by atoms with Gasteiger partial charge in [0.15, 0.2) is 0 Å². The fraction of sp³-hybridized carbons (Fsp3) is 0.200. The molecule has 0 saturated carbocycles. The highest BCUT2D eigenvalue weighted by molar-refractivity contribution is 5.92. The molecule has 1 aromatic rings. The number of ketones is 1. The van der Waals surface area contributed by atoms with E-state index in [0.717, 1.165) is 0 Å². The second-order valence-corrected chi connectivity index (χ2v) is 3.32. The maximum Gasteiger partial charge on any atom is 0.319 e. The molecular weight excluding hydrogens is 226 g/mol. The fourth-order valence-electron chi connectivity index (χ4n) is 1.08. The van der Waals surface area contributed by atoms with Crippen molar-refractivity contribution in [2.75, 3.05) is 11.9 Å². The molecule has 17 heavy (non-hydrogen) atoms. The highest BCUT2D eigenvalue weighted by atomic mass is 16.6. The summed E-state index contributed by atoms with van der Waals surface area (Å²) in [6.07, 6.45) is 0. The summed E-state index contributed by atoms with van der Waals surface area (Å²) in [5, 5.41) is 15.2. The molecule has 1 rings (SSSR count). The highest BCUT2D eigenvalue weighted by Crippen LogP contribution is 2.16. The van der Waals surface area contributed by atoms with Crippen LogP contribution in [-0.2, 0) is 4.79 Å². The molecule has 1 aromatic carbocycles. The van der Waals surface area contributed by atoms with Crippen molar-refractivity contribution in [3.8, 4) is 0 Å². The lowest BCUT2D eigenvalue weighted by Crippen LogP contribution is -2.32. The molecule has 2 N–H and O–H groups in total. The molecule has 0 aliphatic carbocycles. The first-order valence-electron chi connectivity index (χ1n) is 4.78. The van der Waals surface area contributed by atoms with Crippen molar-refractivity contribution < 1.29 is 14.5 Å². The number of urea groups is 1. The molecule has 0 bridgehead atoms. The van der Waals surface area contributed by atoms with E-state index in [4.69, 9.17) is 0 Å². The highest BCUT2D eigenvalue weighted by Gasteiger charge is 2.07. The van der Waals surface area contributed by atoms with Crippen molar-refractivity contribution in [2.24, 2.45) is 0 Å². The van der Waals surface area contributed by atoms with Gasteiger partial charge < -0.3 is 10.6 Å². The number of amides is 2. The van der Waals surface area contributed by atoms with Gasteiger partial charge in [-0.25, -0.2) is 4.79 Å². The van der Waals surface area contributed by atoms with Crippen molar-refractivity contribution >= 4 is 23.2 Å². The van der Waals surface area contributed by atoms with Crippen LogP contribution in [0, 0.1) is 10.1 Å². The van der Waals surface area contributed by atoms with Gasteiger partial charge in [0.2, 0.25) is 0 Å². The third kappa shape index (κ3) is 4.29. The van der Waals surface area contributed by atoms with Gasteiger partial charge in [-0.2, -0.15) is 0 Å². The van der Waals surface area contributed by atoms with Crippen LogP contribution in [0.4, 0.5) is 16.2 Å². The van der Waals surface area contributed by atoms with E-state index in [1.165, 1.54) is 31.2 Å². The molecule has 0 fully saturated rings. The Morgan fingerprint density at radius 3 is 2.71 bits per heavy atom. The Balaban J connectivity index is 2.62. The van der Waals surface area contributed by atoms with E-state index in [1.807, 2.05) is 0 Å². The van der Waals surface area contributed by atoms with Crippen LogP contribution in [0.1, 0.15) is 6.92 Å². The van der Waals surface area contributed by atoms with Crippen LogP contribution in [0.2, 0.25) is 0 Å². The molecule has 0 aliphatic rings. The number of benzene rings is 1. The third-order valence-corrected chi connectivity index (χ3v) is 1.81. The topological polar surface area (TPSA) is 101 Å². The van der Waals surface area contributed by atoms with Gasteiger partial charge in [-0.15, -0.1) is 0 Å². The lowest BCUT2D eigenvalue weighted by molar-refractivity contribution is -0.384. The zero-order valence-electron chi connectivity index (χ0n) is 9.10. The van der Waals surface area contributed by atoms with Gasteiger partial charge in [0.05, 0.1) is 11.5 Å². The standard InChI is InChI=1S/C10H11N3O4/c1-7(14)6-11-10(15)12-8-3-2-4-9(5-8)13(16)17/h2-5H,6H2,1H3,(H2,11,12,15). The predicted molar refractivity (Wildman–Crippen MR) is 60.8 cm³/mol. The molecule has 0 unspecified atom stereocenters. The lowest BCUT2D eigenvalue weighted by Gasteiger charge is -2.05. The number of nitro groups is 1. The number of hydrogen-bond donors (Lipinski definition) is 2. The number of nitro benzene ring substituents is 1. The minimum Gasteiger partial charge on any atom is -0.331 e. The number of non-ortho nitro benzene ring substituents is 1. The van der Waals surface area contributed by atoms with E-state index in [0.29, 0.717) is 5.69 Å². The molecular formula is C10H11N3O4. The predicted octanol–water partition coefficient (Wildman–Crippen LogP) is 1.31. The fourth-order valence-corrected chi connectivity index (χ4v) is 1.08. The maximum atomic E-state index is 11.3. The monoisotopic (exact) mass is 237 g/mol. The second kappa shape index (κ2) is 5.59. The maximum absolute atomic E-state index is 11.3. The first-order chi connectivity index (χ1) is 7.99. The van der Waals surface area contributed by atoms with Crippen LogP contribution in [0.3, 0.4) is 0 Å². The van der Waals surface area contributed by atoms with Crippen molar-refractivity contribution in [1.82, 2.24) is 5.32 Å². The molecule has 2 amide bonds. The molecule has 0 radical (unpaired) electrons. The van der Waals surface area contributed by atoms with E-state index >= 15 is 0 Å². The van der Waals surface area contributed by atoms with Crippen molar-refractivity contribution in [1.29, 1.82) is 0 Å². The zero-order chi connectivity index (χ0) is 12.8. The summed E-state index contributed by atoms with van der Waals surface area (Å²) >= 11 is 0. The molecule has 0 atom stereocenters. The zero-order valence-corrected chi connectivity index (χ0v) is 9.10. The minimum absolute atomic E-state index is 0.0826. The summed E-state index contributed by atoms with van der Waals surface area (Å²) in [5.41, 5.74) is 0.176. The van der Waals surface area contributed by atoms with E-state index in [1.54, 1.807) is 0 Å². The minimum atomic E-state index is -0.583. The number of carbonyl (C=O) groups excluding carboxylic acids is 2. The molecule has 0 aromatic heterocycles. The van der Waals surface area contributed by atoms with Crippen LogP contribution in [0.5, 0.6) is 0 Å². The van der Waals surface area contributed by atoms with Crippen LogP contribution >= 0.6 is 0 Å². The van der Waals surface area contributed by atoms with Gasteiger partial charge in [-0.1, -0.05) is 6.07 Å². The Morgan fingerprint density at radius 1 is 1.41 bits per heavy atom. The van der Waals surface area contributed by atoms with Gasteiger partial charge in [0.1, 0.15) is 5.78 Å². The molecule has 7 heteroatoms. The third-order valence-electron chi connectivity index (χ3n) is 1.81. The number of hydrogen-bond acceptors (Lipinski definition) is 4. The largest absolute Gasteiger partial charge is 0.331 e. The quantitative estimate of drug-likeness (QED) is 0.608. The van der Waals surface area contributed by atoms with Crippen LogP contribution in [-0.4, -0.2) is 23.3 Å². The summed E-state index contributed by atoms with van der Waals surface area (Å²) in [4.78, 5) is 31.8. The smallest absolute Gasteiger partial charge is 0.319 e. The first kappa shape index (κ1) is 12.6. The molecule has 0 saturated heterocycles. The van der Waals surface area contributed by atoms with Crippen LogP contribution < -0.4 is 10.6 Å².